The summed E-state index contributed by atoms with van der Waals surface area (Å²) in [4.78, 5) is 22.7. The van der Waals surface area contributed by atoms with Gasteiger partial charge in [0.25, 0.3) is 11.6 Å². The van der Waals surface area contributed by atoms with Gasteiger partial charge in [0.05, 0.1) is 15.6 Å². The van der Waals surface area contributed by atoms with Gasteiger partial charge in [-0.2, -0.15) is 0 Å². The van der Waals surface area contributed by atoms with Crippen molar-refractivity contribution >= 4 is 28.9 Å². The molecule has 0 saturated carbocycles. The van der Waals surface area contributed by atoms with Gasteiger partial charge in [0.1, 0.15) is 18.1 Å². The van der Waals surface area contributed by atoms with Crippen LogP contribution in [0.2, 0.25) is 5.02 Å². The lowest BCUT2D eigenvalue weighted by molar-refractivity contribution is -0.384. The maximum atomic E-state index is 12.4. The Balaban J connectivity index is 1.40. The summed E-state index contributed by atoms with van der Waals surface area (Å²) in [5.74, 6) is 0.744. The van der Waals surface area contributed by atoms with Gasteiger partial charge in [-0.05, 0) is 60.7 Å². The zero-order valence-electron chi connectivity index (χ0n) is 15.3. The summed E-state index contributed by atoms with van der Waals surface area (Å²) in [7, 11) is 0. The van der Waals surface area contributed by atoms with Crippen LogP contribution >= 0.6 is 11.6 Å². The van der Waals surface area contributed by atoms with Crippen molar-refractivity contribution in [3.05, 3.63) is 86.3 Å². The lowest BCUT2D eigenvalue weighted by Crippen LogP contribution is -2.11. The SMILES string of the molecule is O=C(Nc1cc([N+](=O)[O-])ccc1Cl)c1ccc(COc2ccc3c(c2)CCC3)o1. The average molecular weight is 413 g/mol. The second-order valence-corrected chi connectivity index (χ2v) is 7.12. The Hall–Kier alpha value is -3.32. The minimum Gasteiger partial charge on any atom is -0.486 e. The van der Waals surface area contributed by atoms with E-state index in [0.717, 1.165) is 18.6 Å². The van der Waals surface area contributed by atoms with E-state index < -0.39 is 10.8 Å². The Morgan fingerprint density at radius 3 is 2.79 bits per heavy atom. The van der Waals surface area contributed by atoms with Gasteiger partial charge in [0.2, 0.25) is 0 Å². The van der Waals surface area contributed by atoms with Gasteiger partial charge in [0, 0.05) is 12.1 Å². The molecule has 3 aromatic rings. The quantitative estimate of drug-likeness (QED) is 0.445. The van der Waals surface area contributed by atoms with Gasteiger partial charge in [0.15, 0.2) is 5.76 Å². The molecular formula is C21H17ClN2O5. The van der Waals surface area contributed by atoms with E-state index in [0.29, 0.717) is 5.76 Å². The van der Waals surface area contributed by atoms with E-state index >= 15 is 0 Å². The monoisotopic (exact) mass is 412 g/mol. The zero-order valence-corrected chi connectivity index (χ0v) is 16.1. The number of non-ortho nitro benzene ring substituents is 1. The van der Waals surface area contributed by atoms with Crippen LogP contribution in [0.3, 0.4) is 0 Å². The highest BCUT2D eigenvalue weighted by atomic mass is 35.5. The molecule has 0 spiro atoms. The highest BCUT2D eigenvalue weighted by Gasteiger charge is 2.16. The molecule has 0 bridgehead atoms. The number of hydrogen-bond acceptors (Lipinski definition) is 5. The molecule has 1 amide bonds. The van der Waals surface area contributed by atoms with Crippen molar-refractivity contribution in [2.24, 2.45) is 0 Å². The maximum Gasteiger partial charge on any atom is 0.291 e. The first-order valence-corrected chi connectivity index (χ1v) is 9.46. The van der Waals surface area contributed by atoms with Crippen molar-refractivity contribution < 1.29 is 18.9 Å². The molecule has 0 saturated heterocycles. The van der Waals surface area contributed by atoms with Crippen LogP contribution in [0.25, 0.3) is 0 Å². The van der Waals surface area contributed by atoms with Crippen LogP contribution < -0.4 is 10.1 Å². The van der Waals surface area contributed by atoms with Crippen molar-refractivity contribution in [3.8, 4) is 5.75 Å². The second kappa shape index (κ2) is 7.97. The van der Waals surface area contributed by atoms with Crippen LogP contribution in [0, 0.1) is 10.1 Å². The molecule has 8 heteroatoms. The number of nitro benzene ring substituents is 1. The number of anilines is 1. The minimum absolute atomic E-state index is 0.0557. The van der Waals surface area contributed by atoms with Gasteiger partial charge >= 0.3 is 0 Å². The van der Waals surface area contributed by atoms with E-state index in [2.05, 4.69) is 11.4 Å². The van der Waals surface area contributed by atoms with E-state index in [1.807, 2.05) is 12.1 Å². The fraction of sp³-hybridized carbons (Fsp3) is 0.190. The standard InChI is InChI=1S/C21H17ClN2O5/c22-18-8-5-15(24(26)27)11-19(18)23-21(25)20-9-7-17(29-20)12-28-16-6-4-13-2-1-3-14(13)10-16/h4-11H,1-3,12H2,(H,23,25). The van der Waals surface area contributed by atoms with E-state index in [4.69, 9.17) is 20.8 Å². The van der Waals surface area contributed by atoms with Crippen molar-refractivity contribution in [2.45, 2.75) is 25.9 Å². The van der Waals surface area contributed by atoms with Crippen molar-refractivity contribution in [3.63, 3.8) is 0 Å². The van der Waals surface area contributed by atoms with Crippen molar-refractivity contribution in [2.75, 3.05) is 5.32 Å². The first-order chi connectivity index (χ1) is 14.0. The number of aryl methyl sites for hydroxylation is 2. The predicted molar refractivity (Wildman–Crippen MR) is 108 cm³/mol. The summed E-state index contributed by atoms with van der Waals surface area (Å²) in [6, 6.07) is 13.0. The number of nitrogens with one attached hydrogen (secondary N) is 1. The van der Waals surface area contributed by atoms with Crippen molar-refractivity contribution in [1.82, 2.24) is 0 Å². The molecule has 1 N–H and O–H groups in total. The molecule has 148 valence electrons. The number of carbonyl (C=O) groups is 1. The summed E-state index contributed by atoms with van der Waals surface area (Å²) in [5, 5.41) is 13.6. The Morgan fingerprint density at radius 1 is 1.14 bits per heavy atom. The molecule has 0 unspecified atom stereocenters. The van der Waals surface area contributed by atoms with Crippen LogP contribution in [0.4, 0.5) is 11.4 Å². The van der Waals surface area contributed by atoms with Gasteiger partial charge < -0.3 is 14.5 Å². The number of rotatable bonds is 6. The van der Waals surface area contributed by atoms with Crippen LogP contribution in [0.15, 0.2) is 52.9 Å². The summed E-state index contributed by atoms with van der Waals surface area (Å²) >= 11 is 6.01. The zero-order chi connectivity index (χ0) is 20.4. The lowest BCUT2D eigenvalue weighted by Gasteiger charge is -2.07. The molecule has 0 atom stereocenters. The van der Waals surface area contributed by atoms with Crippen LogP contribution in [-0.4, -0.2) is 10.8 Å². The largest absolute Gasteiger partial charge is 0.486 e. The lowest BCUT2D eigenvalue weighted by atomic mass is 10.1. The number of benzene rings is 2. The minimum atomic E-state index is -0.562. The number of ether oxygens (including phenoxy) is 1. The van der Waals surface area contributed by atoms with Gasteiger partial charge in [-0.15, -0.1) is 0 Å². The summed E-state index contributed by atoms with van der Waals surface area (Å²) < 4.78 is 11.3. The molecule has 29 heavy (non-hydrogen) atoms. The van der Waals surface area contributed by atoms with Crippen LogP contribution in [0.5, 0.6) is 5.75 Å². The Bertz CT molecular complexity index is 1090. The number of furan rings is 1. The number of nitro groups is 1. The predicted octanol–water partition coefficient (Wildman–Crippen LogP) is 5.16. The summed E-state index contributed by atoms with van der Waals surface area (Å²) in [6.45, 7) is 0.184. The van der Waals surface area contributed by atoms with Crippen LogP contribution in [0.1, 0.15) is 33.9 Å². The second-order valence-electron chi connectivity index (χ2n) is 6.71. The smallest absolute Gasteiger partial charge is 0.291 e. The highest BCUT2D eigenvalue weighted by Crippen LogP contribution is 2.28. The molecule has 2 aromatic carbocycles. The molecule has 7 nitrogen and oxygen atoms in total. The maximum absolute atomic E-state index is 12.4. The Labute approximate surface area is 171 Å². The molecule has 1 aliphatic rings. The fourth-order valence-electron chi connectivity index (χ4n) is 3.28. The Kier molecular flexibility index (Phi) is 5.22. The molecule has 4 rings (SSSR count). The normalized spacial score (nSPS) is 12.4. The molecule has 1 heterocycles. The van der Waals surface area contributed by atoms with E-state index in [-0.39, 0.29) is 28.8 Å². The van der Waals surface area contributed by atoms with Gasteiger partial charge in [-0.3, -0.25) is 14.9 Å². The molecule has 1 aliphatic carbocycles. The number of halogens is 1. The summed E-state index contributed by atoms with van der Waals surface area (Å²) in [6.07, 6.45) is 3.35. The molecular weight excluding hydrogens is 396 g/mol. The number of hydrogen-bond donors (Lipinski definition) is 1. The third-order valence-electron chi connectivity index (χ3n) is 4.75. The molecule has 0 radical (unpaired) electrons. The molecule has 0 fully saturated rings. The number of carbonyl (C=O) groups excluding carboxylic acids is 1. The molecule has 1 aromatic heterocycles. The number of nitrogens with zero attached hydrogens (tertiary/aromatic N) is 1. The first kappa shape index (κ1) is 19.0. The van der Waals surface area contributed by atoms with E-state index in [1.54, 1.807) is 6.07 Å². The topological polar surface area (TPSA) is 94.6 Å². The van der Waals surface area contributed by atoms with Crippen molar-refractivity contribution in [1.29, 1.82) is 0 Å². The van der Waals surface area contributed by atoms with Gasteiger partial charge in [-0.25, -0.2) is 0 Å². The highest BCUT2D eigenvalue weighted by molar-refractivity contribution is 6.34. The fourth-order valence-corrected chi connectivity index (χ4v) is 3.44. The number of amides is 1. The van der Waals surface area contributed by atoms with Gasteiger partial charge in [-0.1, -0.05) is 17.7 Å². The first-order valence-electron chi connectivity index (χ1n) is 9.08. The molecule has 0 aliphatic heterocycles. The Morgan fingerprint density at radius 2 is 1.97 bits per heavy atom. The summed E-state index contributed by atoms with van der Waals surface area (Å²) in [5.41, 5.74) is 2.65. The third kappa shape index (κ3) is 4.25. The third-order valence-corrected chi connectivity index (χ3v) is 5.08. The van der Waals surface area contributed by atoms with E-state index in [1.165, 1.54) is 41.8 Å². The van der Waals surface area contributed by atoms with Crippen LogP contribution in [-0.2, 0) is 19.4 Å². The number of fused-ring (bicyclic) bond motifs is 1. The average Bonchev–Trinajstić information content (AvgIpc) is 3.36. The van der Waals surface area contributed by atoms with E-state index in [9.17, 15) is 14.9 Å².